The SMILES string of the molecule is O=C(O)C=CC(=O)C(=O)N1CCCC(C(F)(F)F)C1. The van der Waals surface area contributed by atoms with Crippen LogP contribution < -0.4 is 0 Å². The van der Waals surface area contributed by atoms with Gasteiger partial charge in [0, 0.05) is 19.2 Å². The molecule has 106 valence electrons. The van der Waals surface area contributed by atoms with Crippen LogP contribution in [0.25, 0.3) is 0 Å². The van der Waals surface area contributed by atoms with Gasteiger partial charge in [0.2, 0.25) is 5.78 Å². The summed E-state index contributed by atoms with van der Waals surface area (Å²) < 4.78 is 37.6. The first-order valence-corrected chi connectivity index (χ1v) is 5.52. The normalized spacial score (nSPS) is 20.6. The molecule has 1 unspecified atom stereocenters. The third-order valence-corrected chi connectivity index (χ3v) is 2.76. The largest absolute Gasteiger partial charge is 0.478 e. The first kappa shape index (κ1) is 15.2. The lowest BCUT2D eigenvalue weighted by Gasteiger charge is -2.33. The van der Waals surface area contributed by atoms with Crippen LogP contribution >= 0.6 is 0 Å². The van der Waals surface area contributed by atoms with Crippen molar-refractivity contribution in [3.8, 4) is 0 Å². The highest BCUT2D eigenvalue weighted by atomic mass is 19.4. The smallest absolute Gasteiger partial charge is 0.393 e. The van der Waals surface area contributed by atoms with Gasteiger partial charge in [-0.1, -0.05) is 0 Å². The Balaban J connectivity index is 2.67. The van der Waals surface area contributed by atoms with E-state index in [1.165, 1.54) is 0 Å². The van der Waals surface area contributed by atoms with Crippen molar-refractivity contribution in [1.82, 2.24) is 4.90 Å². The number of hydrogen-bond donors (Lipinski definition) is 1. The van der Waals surface area contributed by atoms with E-state index >= 15 is 0 Å². The minimum atomic E-state index is -4.40. The molecule has 1 atom stereocenters. The van der Waals surface area contributed by atoms with Crippen molar-refractivity contribution < 1.29 is 32.7 Å². The van der Waals surface area contributed by atoms with Gasteiger partial charge < -0.3 is 10.0 Å². The minimum absolute atomic E-state index is 0.0675. The predicted molar refractivity (Wildman–Crippen MR) is 57.1 cm³/mol. The van der Waals surface area contributed by atoms with E-state index < -0.39 is 36.3 Å². The summed E-state index contributed by atoms with van der Waals surface area (Å²) in [5.74, 6) is -5.29. The van der Waals surface area contributed by atoms with Gasteiger partial charge in [-0.25, -0.2) is 4.79 Å². The quantitative estimate of drug-likeness (QED) is 0.617. The molecule has 8 heteroatoms. The van der Waals surface area contributed by atoms with Crippen LogP contribution in [0.3, 0.4) is 0 Å². The molecule has 19 heavy (non-hydrogen) atoms. The molecule has 1 aliphatic heterocycles. The second kappa shape index (κ2) is 5.85. The topological polar surface area (TPSA) is 74.7 Å². The number of hydrogen-bond acceptors (Lipinski definition) is 3. The number of ketones is 1. The van der Waals surface area contributed by atoms with Crippen molar-refractivity contribution in [3.05, 3.63) is 12.2 Å². The summed E-state index contributed by atoms with van der Waals surface area (Å²) in [4.78, 5) is 33.8. The number of likely N-dealkylation sites (tertiary alicyclic amines) is 1. The molecule has 1 N–H and O–H groups in total. The molecule has 0 aromatic rings. The number of carboxylic acid groups (broad SMARTS) is 1. The minimum Gasteiger partial charge on any atom is -0.478 e. The van der Waals surface area contributed by atoms with Crippen LogP contribution in [0.1, 0.15) is 12.8 Å². The molecule has 0 aromatic heterocycles. The molecule has 0 aromatic carbocycles. The molecular weight excluding hydrogens is 267 g/mol. The summed E-state index contributed by atoms with van der Waals surface area (Å²) in [5.41, 5.74) is 0. The average molecular weight is 279 g/mol. The molecule has 1 heterocycles. The summed E-state index contributed by atoms with van der Waals surface area (Å²) in [7, 11) is 0. The van der Waals surface area contributed by atoms with Crippen LogP contribution in [-0.2, 0) is 14.4 Å². The number of carbonyl (C=O) groups is 3. The third-order valence-electron chi connectivity index (χ3n) is 2.76. The predicted octanol–water partition coefficient (Wildman–Crippen LogP) is 0.997. The van der Waals surface area contributed by atoms with Gasteiger partial charge in [0.15, 0.2) is 0 Å². The van der Waals surface area contributed by atoms with Crippen LogP contribution in [0.2, 0.25) is 0 Å². The first-order chi connectivity index (χ1) is 8.71. The van der Waals surface area contributed by atoms with Crippen molar-refractivity contribution in [2.75, 3.05) is 13.1 Å². The number of carboxylic acids is 1. The first-order valence-electron chi connectivity index (χ1n) is 5.52. The van der Waals surface area contributed by atoms with Crippen molar-refractivity contribution in [2.45, 2.75) is 19.0 Å². The molecule has 5 nitrogen and oxygen atoms in total. The molecule has 0 radical (unpaired) electrons. The molecular formula is C11H12F3NO4. The molecule has 1 rings (SSSR count). The number of rotatable bonds is 3. The van der Waals surface area contributed by atoms with Gasteiger partial charge in [-0.05, 0) is 18.9 Å². The fourth-order valence-electron chi connectivity index (χ4n) is 1.80. The van der Waals surface area contributed by atoms with Crippen molar-refractivity contribution >= 4 is 17.7 Å². The van der Waals surface area contributed by atoms with E-state index in [0.717, 1.165) is 4.90 Å². The number of aliphatic carboxylic acids is 1. The zero-order chi connectivity index (χ0) is 14.6. The second-order valence-corrected chi connectivity index (χ2v) is 4.17. The highest BCUT2D eigenvalue weighted by Gasteiger charge is 2.43. The maximum atomic E-state index is 12.5. The van der Waals surface area contributed by atoms with E-state index in [0.29, 0.717) is 12.2 Å². The fraction of sp³-hybridized carbons (Fsp3) is 0.545. The average Bonchev–Trinajstić information content (AvgIpc) is 2.34. The number of alkyl halides is 3. The molecule has 0 bridgehead atoms. The standard InChI is InChI=1S/C11H12F3NO4/c12-11(13,14)7-2-1-5-15(6-7)10(19)8(16)3-4-9(17)18/h3-4,7H,1-2,5-6H2,(H,17,18). The number of piperidine rings is 1. The van der Waals surface area contributed by atoms with Gasteiger partial charge in [0.25, 0.3) is 5.91 Å². The lowest BCUT2D eigenvalue weighted by atomic mass is 9.97. The summed E-state index contributed by atoms with van der Waals surface area (Å²) in [5, 5.41) is 8.29. The van der Waals surface area contributed by atoms with E-state index in [9.17, 15) is 27.6 Å². The Labute approximate surface area is 106 Å². The second-order valence-electron chi connectivity index (χ2n) is 4.17. The summed E-state index contributed by atoms with van der Waals surface area (Å²) >= 11 is 0. The van der Waals surface area contributed by atoms with Gasteiger partial charge in [0.1, 0.15) is 0 Å². The zero-order valence-corrected chi connectivity index (χ0v) is 9.81. The maximum absolute atomic E-state index is 12.5. The summed E-state index contributed by atoms with van der Waals surface area (Å²) in [6.07, 6.45) is -3.30. The van der Waals surface area contributed by atoms with Crippen LogP contribution in [-0.4, -0.2) is 46.9 Å². The van der Waals surface area contributed by atoms with Crippen LogP contribution in [0, 0.1) is 5.92 Å². The number of carbonyl (C=O) groups excluding carboxylic acids is 2. The molecule has 0 saturated carbocycles. The fourth-order valence-corrected chi connectivity index (χ4v) is 1.80. The van der Waals surface area contributed by atoms with Crippen LogP contribution in [0.5, 0.6) is 0 Å². The highest BCUT2D eigenvalue weighted by molar-refractivity contribution is 6.40. The van der Waals surface area contributed by atoms with Crippen LogP contribution in [0.15, 0.2) is 12.2 Å². The Morgan fingerprint density at radius 3 is 2.37 bits per heavy atom. The van der Waals surface area contributed by atoms with E-state index in [4.69, 9.17) is 5.11 Å². The van der Waals surface area contributed by atoms with Gasteiger partial charge in [0.05, 0.1) is 5.92 Å². The van der Waals surface area contributed by atoms with Crippen LogP contribution in [0.4, 0.5) is 13.2 Å². The molecule has 0 aliphatic carbocycles. The van der Waals surface area contributed by atoms with Gasteiger partial charge >= 0.3 is 12.1 Å². The van der Waals surface area contributed by atoms with Gasteiger partial charge in [-0.3, -0.25) is 9.59 Å². The van der Waals surface area contributed by atoms with Crippen molar-refractivity contribution in [2.24, 2.45) is 5.92 Å². The summed E-state index contributed by atoms with van der Waals surface area (Å²) in [6, 6.07) is 0. The number of amides is 1. The third kappa shape index (κ3) is 4.38. The maximum Gasteiger partial charge on any atom is 0.393 e. The summed E-state index contributed by atoms with van der Waals surface area (Å²) in [6.45, 7) is -0.493. The molecule has 1 aliphatic rings. The Morgan fingerprint density at radius 1 is 1.21 bits per heavy atom. The molecule has 1 saturated heterocycles. The van der Waals surface area contributed by atoms with E-state index in [-0.39, 0.29) is 19.4 Å². The molecule has 1 amide bonds. The molecule has 0 spiro atoms. The number of halogens is 3. The Morgan fingerprint density at radius 2 is 1.84 bits per heavy atom. The monoisotopic (exact) mass is 279 g/mol. The van der Waals surface area contributed by atoms with E-state index in [1.54, 1.807) is 0 Å². The Bertz CT molecular complexity index is 417. The van der Waals surface area contributed by atoms with E-state index in [2.05, 4.69) is 0 Å². The van der Waals surface area contributed by atoms with E-state index in [1.807, 2.05) is 0 Å². The Hall–Kier alpha value is -1.86. The highest BCUT2D eigenvalue weighted by Crippen LogP contribution is 2.33. The zero-order valence-electron chi connectivity index (χ0n) is 9.81. The van der Waals surface area contributed by atoms with Gasteiger partial charge in [-0.15, -0.1) is 0 Å². The lowest BCUT2D eigenvalue weighted by molar-refractivity contribution is -0.188. The van der Waals surface area contributed by atoms with Crippen molar-refractivity contribution in [1.29, 1.82) is 0 Å². The van der Waals surface area contributed by atoms with Crippen molar-refractivity contribution in [3.63, 3.8) is 0 Å². The lowest BCUT2D eigenvalue weighted by Crippen LogP contribution is -2.46. The Kier molecular flexibility index (Phi) is 4.68. The number of nitrogens with zero attached hydrogens (tertiary/aromatic N) is 1. The van der Waals surface area contributed by atoms with Gasteiger partial charge in [-0.2, -0.15) is 13.2 Å². The molecule has 1 fully saturated rings.